The first-order valence-electron chi connectivity index (χ1n) is 3.32. The molecule has 1 aromatic rings. The van der Waals surface area contributed by atoms with Crippen LogP contribution in [0.4, 0.5) is 4.39 Å². The summed E-state index contributed by atoms with van der Waals surface area (Å²) in [4.78, 5) is 0. The zero-order valence-corrected chi connectivity index (χ0v) is 6.81. The van der Waals surface area contributed by atoms with Crippen molar-refractivity contribution in [2.75, 3.05) is 5.75 Å². The van der Waals surface area contributed by atoms with Crippen LogP contribution in [0.15, 0.2) is 18.2 Å². The summed E-state index contributed by atoms with van der Waals surface area (Å²) in [5, 5.41) is 8.82. The van der Waals surface area contributed by atoms with E-state index in [1.54, 1.807) is 6.07 Å². The molecule has 1 rings (SSSR count). The molecule has 0 bridgehead atoms. The molecule has 0 saturated carbocycles. The van der Waals surface area contributed by atoms with Gasteiger partial charge in [0.05, 0.1) is 0 Å². The van der Waals surface area contributed by atoms with Crippen molar-refractivity contribution >= 4 is 12.6 Å². The van der Waals surface area contributed by atoms with Crippen LogP contribution in [0.1, 0.15) is 5.56 Å². The summed E-state index contributed by atoms with van der Waals surface area (Å²) in [6, 6.07) is 4.37. The van der Waals surface area contributed by atoms with Gasteiger partial charge in [0, 0.05) is 0 Å². The molecule has 0 heterocycles. The molecule has 60 valence electrons. The Morgan fingerprint density at radius 2 is 2.18 bits per heavy atom. The van der Waals surface area contributed by atoms with Crippen molar-refractivity contribution in [3.05, 3.63) is 29.6 Å². The molecule has 1 N–H and O–H groups in total. The van der Waals surface area contributed by atoms with Crippen LogP contribution in [0.3, 0.4) is 0 Å². The van der Waals surface area contributed by atoms with Gasteiger partial charge in [-0.2, -0.15) is 12.6 Å². The van der Waals surface area contributed by atoms with Crippen molar-refractivity contribution in [1.82, 2.24) is 0 Å². The maximum atomic E-state index is 12.6. The Labute approximate surface area is 70.3 Å². The Morgan fingerprint density at radius 3 is 2.73 bits per heavy atom. The van der Waals surface area contributed by atoms with E-state index in [4.69, 9.17) is 5.11 Å². The van der Waals surface area contributed by atoms with E-state index in [1.807, 2.05) is 0 Å². The monoisotopic (exact) mass is 172 g/mol. The smallest absolute Gasteiger partial charge is 0.165 e. The van der Waals surface area contributed by atoms with Gasteiger partial charge in [-0.05, 0) is 29.9 Å². The lowest BCUT2D eigenvalue weighted by molar-refractivity contribution is 0.432. The molecule has 0 atom stereocenters. The Hall–Kier alpha value is -0.700. The average molecular weight is 172 g/mol. The fourth-order valence-corrected chi connectivity index (χ4v) is 1.09. The van der Waals surface area contributed by atoms with Crippen LogP contribution in [0.5, 0.6) is 5.75 Å². The maximum Gasteiger partial charge on any atom is 0.165 e. The number of halogens is 1. The molecule has 0 aromatic heterocycles. The van der Waals surface area contributed by atoms with Crippen LogP contribution in [-0.4, -0.2) is 10.9 Å². The maximum absolute atomic E-state index is 12.6. The zero-order chi connectivity index (χ0) is 8.27. The number of benzene rings is 1. The Balaban J connectivity index is 2.86. The predicted molar refractivity (Wildman–Crippen MR) is 45.6 cm³/mol. The number of phenolic OH excluding ortho intramolecular Hbond substituents is 1. The second-order valence-electron chi connectivity index (χ2n) is 2.26. The van der Waals surface area contributed by atoms with E-state index in [9.17, 15) is 4.39 Å². The first-order valence-corrected chi connectivity index (χ1v) is 3.95. The van der Waals surface area contributed by atoms with Crippen molar-refractivity contribution in [1.29, 1.82) is 0 Å². The van der Waals surface area contributed by atoms with Gasteiger partial charge in [0.25, 0.3) is 0 Å². The predicted octanol–water partition coefficient (Wildman–Crippen LogP) is 2.00. The highest BCUT2D eigenvalue weighted by molar-refractivity contribution is 7.80. The van der Waals surface area contributed by atoms with Gasteiger partial charge in [0.1, 0.15) is 0 Å². The summed E-state index contributed by atoms with van der Waals surface area (Å²) in [6.45, 7) is 0. The minimum Gasteiger partial charge on any atom is -0.505 e. The van der Waals surface area contributed by atoms with Crippen LogP contribution in [-0.2, 0) is 6.42 Å². The van der Waals surface area contributed by atoms with Crippen molar-refractivity contribution in [2.45, 2.75) is 6.42 Å². The van der Waals surface area contributed by atoms with E-state index < -0.39 is 5.82 Å². The molecule has 0 unspecified atom stereocenters. The van der Waals surface area contributed by atoms with Crippen LogP contribution < -0.4 is 0 Å². The molecule has 1 aromatic carbocycles. The highest BCUT2D eigenvalue weighted by Crippen LogP contribution is 2.16. The van der Waals surface area contributed by atoms with E-state index >= 15 is 0 Å². The molecule has 0 saturated heterocycles. The number of hydrogen-bond acceptors (Lipinski definition) is 2. The van der Waals surface area contributed by atoms with Crippen LogP contribution in [0.25, 0.3) is 0 Å². The third-order valence-corrected chi connectivity index (χ3v) is 1.64. The van der Waals surface area contributed by atoms with E-state index in [1.165, 1.54) is 12.1 Å². The molecular weight excluding hydrogens is 163 g/mol. The third kappa shape index (κ3) is 2.12. The van der Waals surface area contributed by atoms with Gasteiger partial charge in [-0.15, -0.1) is 0 Å². The lowest BCUT2D eigenvalue weighted by Crippen LogP contribution is -1.87. The van der Waals surface area contributed by atoms with Crippen molar-refractivity contribution in [3.63, 3.8) is 0 Å². The van der Waals surface area contributed by atoms with Crippen LogP contribution >= 0.6 is 12.6 Å². The van der Waals surface area contributed by atoms with Crippen LogP contribution in [0.2, 0.25) is 0 Å². The number of thiol groups is 1. The standard InChI is InChI=1S/C8H9FOS/c9-7-5-6(3-4-11)1-2-8(7)10/h1-2,5,10-11H,3-4H2. The van der Waals surface area contributed by atoms with Crippen molar-refractivity contribution < 1.29 is 9.50 Å². The van der Waals surface area contributed by atoms with Gasteiger partial charge in [-0.3, -0.25) is 0 Å². The van der Waals surface area contributed by atoms with Gasteiger partial charge in [0.15, 0.2) is 11.6 Å². The summed E-state index contributed by atoms with van der Waals surface area (Å²) >= 11 is 4.01. The lowest BCUT2D eigenvalue weighted by Gasteiger charge is -1.98. The number of aryl methyl sites for hydroxylation is 1. The van der Waals surface area contributed by atoms with Gasteiger partial charge >= 0.3 is 0 Å². The lowest BCUT2D eigenvalue weighted by atomic mass is 10.1. The van der Waals surface area contributed by atoms with E-state index in [0.29, 0.717) is 5.75 Å². The van der Waals surface area contributed by atoms with Gasteiger partial charge < -0.3 is 5.11 Å². The molecule has 0 fully saturated rings. The van der Waals surface area contributed by atoms with E-state index in [0.717, 1.165) is 12.0 Å². The highest BCUT2D eigenvalue weighted by atomic mass is 32.1. The van der Waals surface area contributed by atoms with Crippen molar-refractivity contribution in [2.24, 2.45) is 0 Å². The Kier molecular flexibility index (Phi) is 2.76. The first-order chi connectivity index (χ1) is 5.24. The topological polar surface area (TPSA) is 20.2 Å². The fraction of sp³-hybridized carbons (Fsp3) is 0.250. The third-order valence-electron chi connectivity index (χ3n) is 1.41. The largest absolute Gasteiger partial charge is 0.505 e. The minimum absolute atomic E-state index is 0.298. The zero-order valence-electron chi connectivity index (χ0n) is 5.92. The Morgan fingerprint density at radius 1 is 1.45 bits per heavy atom. The molecule has 0 aliphatic heterocycles. The number of phenols is 1. The number of rotatable bonds is 2. The Bertz CT molecular complexity index is 250. The minimum atomic E-state index is -0.565. The molecule has 0 aliphatic carbocycles. The summed E-state index contributed by atoms with van der Waals surface area (Å²) in [5.41, 5.74) is 0.857. The second-order valence-corrected chi connectivity index (χ2v) is 2.71. The normalized spacial score (nSPS) is 10.0. The summed E-state index contributed by atoms with van der Waals surface area (Å²) in [7, 11) is 0. The molecule has 1 nitrogen and oxygen atoms in total. The van der Waals surface area contributed by atoms with E-state index in [2.05, 4.69) is 12.6 Å². The van der Waals surface area contributed by atoms with Crippen molar-refractivity contribution in [3.8, 4) is 5.75 Å². The number of hydrogen-bond donors (Lipinski definition) is 2. The fourth-order valence-electron chi connectivity index (χ4n) is 0.835. The van der Waals surface area contributed by atoms with Gasteiger partial charge in [-0.1, -0.05) is 6.07 Å². The molecule has 0 amide bonds. The summed E-state index contributed by atoms with van der Waals surface area (Å²) in [6.07, 6.45) is 0.723. The quantitative estimate of drug-likeness (QED) is 0.654. The highest BCUT2D eigenvalue weighted by Gasteiger charge is 1.99. The molecular formula is C8H9FOS. The molecule has 11 heavy (non-hydrogen) atoms. The average Bonchev–Trinajstić information content (AvgIpc) is 1.98. The SMILES string of the molecule is Oc1ccc(CCS)cc1F. The number of aromatic hydroxyl groups is 1. The summed E-state index contributed by atoms with van der Waals surface area (Å²) < 4.78 is 12.6. The molecule has 0 aliphatic rings. The summed E-state index contributed by atoms with van der Waals surface area (Å²) in [5.74, 6) is -0.179. The van der Waals surface area contributed by atoms with E-state index in [-0.39, 0.29) is 5.75 Å². The molecule has 3 heteroatoms. The second kappa shape index (κ2) is 3.62. The molecule has 0 radical (unpaired) electrons. The first kappa shape index (κ1) is 8.40. The van der Waals surface area contributed by atoms with Crippen LogP contribution in [0, 0.1) is 5.82 Å². The van der Waals surface area contributed by atoms with Gasteiger partial charge in [-0.25, -0.2) is 4.39 Å². The van der Waals surface area contributed by atoms with Gasteiger partial charge in [0.2, 0.25) is 0 Å². The molecule has 0 spiro atoms.